The topological polar surface area (TPSA) is 158 Å². The predicted octanol–water partition coefficient (Wildman–Crippen LogP) is -1.61. The van der Waals surface area contributed by atoms with Crippen molar-refractivity contribution in [1.82, 2.24) is 5.32 Å². The molecule has 0 bridgehead atoms. The molecule has 6 atom stereocenters. The van der Waals surface area contributed by atoms with Crippen molar-refractivity contribution in [3.8, 4) is 0 Å². The first-order chi connectivity index (χ1) is 12.4. The third kappa shape index (κ3) is 5.37. The van der Waals surface area contributed by atoms with E-state index in [4.69, 9.17) is 18.9 Å². The number of aliphatic hydroxyl groups excluding tert-OH is 2. The summed E-state index contributed by atoms with van der Waals surface area (Å²) in [5, 5.41) is 23.2. The molecular formula is C16H25NO10. The standard InChI is InChI=1S/C16H25NO10/c1-7(18)16(17-8(2)19)14(26-11(5)22)13(25-10(4)21)12(27-15(16)23)6-24-9(3)20/h7,12-15,18,23H,6H2,1-5H3,(H,17,19)/t7?,12-,13-,14+,15-,16-/m1/s1. The van der Waals surface area contributed by atoms with Crippen LogP contribution in [0.2, 0.25) is 0 Å². The number of hydrogen-bond donors (Lipinski definition) is 3. The molecule has 0 aromatic rings. The van der Waals surface area contributed by atoms with Crippen molar-refractivity contribution in [2.45, 2.75) is 70.9 Å². The van der Waals surface area contributed by atoms with Gasteiger partial charge in [0.25, 0.3) is 0 Å². The van der Waals surface area contributed by atoms with Crippen LogP contribution in [0.3, 0.4) is 0 Å². The van der Waals surface area contributed by atoms with Crippen molar-refractivity contribution < 1.29 is 48.3 Å². The Labute approximate surface area is 155 Å². The average molecular weight is 391 g/mol. The minimum absolute atomic E-state index is 0.432. The molecule has 11 nitrogen and oxygen atoms in total. The van der Waals surface area contributed by atoms with Crippen molar-refractivity contribution in [2.75, 3.05) is 6.61 Å². The summed E-state index contributed by atoms with van der Waals surface area (Å²) in [5.74, 6) is -2.94. The number of amides is 1. The van der Waals surface area contributed by atoms with Crippen molar-refractivity contribution in [2.24, 2.45) is 0 Å². The maximum atomic E-state index is 11.7. The molecule has 1 rings (SSSR count). The van der Waals surface area contributed by atoms with Gasteiger partial charge in [-0.1, -0.05) is 0 Å². The number of rotatable bonds is 6. The lowest BCUT2D eigenvalue weighted by Crippen LogP contribution is -2.78. The van der Waals surface area contributed by atoms with E-state index in [1.807, 2.05) is 0 Å². The monoisotopic (exact) mass is 391 g/mol. The summed E-state index contributed by atoms with van der Waals surface area (Å²) in [7, 11) is 0. The normalized spacial score (nSPS) is 31.4. The molecule has 1 unspecified atom stereocenters. The molecule has 0 spiro atoms. The van der Waals surface area contributed by atoms with Gasteiger partial charge in [0, 0.05) is 27.7 Å². The van der Waals surface area contributed by atoms with Crippen LogP contribution < -0.4 is 5.32 Å². The van der Waals surface area contributed by atoms with Crippen LogP contribution in [0.5, 0.6) is 0 Å². The maximum Gasteiger partial charge on any atom is 0.303 e. The van der Waals surface area contributed by atoms with E-state index >= 15 is 0 Å². The molecule has 1 aliphatic heterocycles. The van der Waals surface area contributed by atoms with Crippen molar-refractivity contribution in [3.05, 3.63) is 0 Å². The second-order valence-corrected chi connectivity index (χ2v) is 6.22. The molecular weight excluding hydrogens is 366 g/mol. The van der Waals surface area contributed by atoms with Gasteiger partial charge in [-0.2, -0.15) is 0 Å². The number of esters is 3. The number of ether oxygens (including phenoxy) is 4. The molecule has 0 saturated carbocycles. The van der Waals surface area contributed by atoms with E-state index in [-0.39, 0.29) is 0 Å². The van der Waals surface area contributed by atoms with Gasteiger partial charge in [0.05, 0.1) is 6.10 Å². The summed E-state index contributed by atoms with van der Waals surface area (Å²) in [5.41, 5.74) is -2.04. The maximum absolute atomic E-state index is 11.7. The molecule has 0 aliphatic carbocycles. The van der Waals surface area contributed by atoms with E-state index in [1.165, 1.54) is 6.92 Å². The van der Waals surface area contributed by atoms with E-state index in [9.17, 15) is 29.4 Å². The molecule has 1 aliphatic rings. The molecule has 0 aromatic carbocycles. The van der Waals surface area contributed by atoms with Gasteiger partial charge in [0.2, 0.25) is 5.91 Å². The third-order valence-corrected chi connectivity index (χ3v) is 3.98. The Morgan fingerprint density at radius 3 is 2.04 bits per heavy atom. The summed E-state index contributed by atoms with van der Waals surface area (Å²) >= 11 is 0. The van der Waals surface area contributed by atoms with E-state index < -0.39 is 66.7 Å². The van der Waals surface area contributed by atoms with Crippen molar-refractivity contribution >= 4 is 23.8 Å². The quantitative estimate of drug-likeness (QED) is 0.355. The molecule has 1 heterocycles. The summed E-state index contributed by atoms with van der Waals surface area (Å²) in [6.07, 6.45) is -7.52. The number of nitrogens with one attached hydrogen (secondary N) is 1. The fourth-order valence-corrected chi connectivity index (χ4v) is 2.96. The lowest BCUT2D eigenvalue weighted by Gasteiger charge is -2.52. The Bertz CT molecular complexity index is 592. The van der Waals surface area contributed by atoms with E-state index in [0.29, 0.717) is 0 Å². The highest BCUT2D eigenvalue weighted by Gasteiger charge is 2.62. The Balaban J connectivity index is 3.46. The highest BCUT2D eigenvalue weighted by Crippen LogP contribution is 2.36. The number of hydrogen-bond acceptors (Lipinski definition) is 10. The summed E-state index contributed by atoms with van der Waals surface area (Å²) in [6.45, 7) is 5.21. The second-order valence-electron chi connectivity index (χ2n) is 6.22. The van der Waals surface area contributed by atoms with Gasteiger partial charge in [-0.25, -0.2) is 0 Å². The number of aliphatic hydroxyl groups is 2. The smallest absolute Gasteiger partial charge is 0.303 e. The average Bonchev–Trinajstić information content (AvgIpc) is 2.50. The zero-order chi connectivity index (χ0) is 20.9. The van der Waals surface area contributed by atoms with Crippen LogP contribution in [0, 0.1) is 0 Å². The highest BCUT2D eigenvalue weighted by atomic mass is 16.7. The van der Waals surface area contributed by atoms with Crippen LogP contribution in [0.25, 0.3) is 0 Å². The molecule has 11 heteroatoms. The van der Waals surface area contributed by atoms with Crippen LogP contribution in [0.15, 0.2) is 0 Å². The number of carbonyl (C=O) groups excluding carboxylic acids is 4. The van der Waals surface area contributed by atoms with Crippen molar-refractivity contribution in [3.63, 3.8) is 0 Å². The lowest BCUT2D eigenvalue weighted by atomic mass is 9.78. The molecule has 27 heavy (non-hydrogen) atoms. The van der Waals surface area contributed by atoms with Gasteiger partial charge in [0.15, 0.2) is 24.0 Å². The van der Waals surface area contributed by atoms with Crippen LogP contribution in [0.1, 0.15) is 34.6 Å². The lowest BCUT2D eigenvalue weighted by molar-refractivity contribution is -0.304. The molecule has 3 N–H and O–H groups in total. The molecule has 0 aromatic heterocycles. The Morgan fingerprint density at radius 2 is 1.63 bits per heavy atom. The number of carbonyl (C=O) groups is 4. The zero-order valence-corrected chi connectivity index (χ0v) is 15.8. The highest BCUT2D eigenvalue weighted by molar-refractivity contribution is 5.74. The first-order valence-electron chi connectivity index (χ1n) is 8.20. The van der Waals surface area contributed by atoms with Gasteiger partial charge in [-0.3, -0.25) is 19.2 Å². The van der Waals surface area contributed by atoms with Crippen LogP contribution >= 0.6 is 0 Å². The molecule has 0 radical (unpaired) electrons. The first kappa shape index (κ1) is 22.8. The largest absolute Gasteiger partial charge is 0.463 e. The first-order valence-corrected chi connectivity index (χ1v) is 8.20. The zero-order valence-electron chi connectivity index (χ0n) is 15.8. The fraction of sp³-hybridized carbons (Fsp3) is 0.750. The van der Waals surface area contributed by atoms with Gasteiger partial charge < -0.3 is 34.5 Å². The van der Waals surface area contributed by atoms with Gasteiger partial charge in [-0.05, 0) is 6.92 Å². The Kier molecular flexibility index (Phi) is 7.69. The fourth-order valence-electron chi connectivity index (χ4n) is 2.96. The minimum Gasteiger partial charge on any atom is -0.463 e. The van der Waals surface area contributed by atoms with E-state index in [1.54, 1.807) is 0 Å². The van der Waals surface area contributed by atoms with E-state index in [2.05, 4.69) is 5.32 Å². The summed E-state index contributed by atoms with van der Waals surface area (Å²) in [4.78, 5) is 46.1. The van der Waals surface area contributed by atoms with Gasteiger partial charge in [-0.15, -0.1) is 0 Å². The predicted molar refractivity (Wildman–Crippen MR) is 86.8 cm³/mol. The van der Waals surface area contributed by atoms with Crippen LogP contribution in [-0.4, -0.2) is 76.9 Å². The van der Waals surface area contributed by atoms with Crippen LogP contribution in [0.4, 0.5) is 0 Å². The summed E-state index contributed by atoms with van der Waals surface area (Å²) in [6, 6.07) is 0. The van der Waals surface area contributed by atoms with Crippen molar-refractivity contribution in [1.29, 1.82) is 0 Å². The van der Waals surface area contributed by atoms with E-state index in [0.717, 1.165) is 27.7 Å². The molecule has 154 valence electrons. The van der Waals surface area contributed by atoms with Gasteiger partial charge in [0.1, 0.15) is 12.7 Å². The Hall–Kier alpha value is -2.24. The Morgan fingerprint density at radius 1 is 1.07 bits per heavy atom. The third-order valence-electron chi connectivity index (χ3n) is 3.98. The van der Waals surface area contributed by atoms with Gasteiger partial charge >= 0.3 is 17.9 Å². The molecule has 1 fully saturated rings. The second kappa shape index (κ2) is 9.11. The summed E-state index contributed by atoms with van der Waals surface area (Å²) < 4.78 is 20.6. The minimum atomic E-state index is -2.04. The molecule has 1 amide bonds. The van der Waals surface area contributed by atoms with Crippen LogP contribution in [-0.2, 0) is 38.1 Å². The SMILES string of the molecule is CC(=O)N[C@@]1(C(C)O)[C@H](O)O[C@H](COC(C)=O)[C@@H](OC(C)=O)[C@@H]1OC(C)=O. The molecule has 1 saturated heterocycles.